The predicted octanol–water partition coefficient (Wildman–Crippen LogP) is 8.55. The largest absolute Gasteiger partial charge is 0.497 e. The fraction of sp³-hybridized carbons (Fsp3) is 0.577. The van der Waals surface area contributed by atoms with E-state index in [0.29, 0.717) is 67.3 Å². The Morgan fingerprint density at radius 1 is 0.607 bits per heavy atom. The van der Waals surface area contributed by atoms with Crippen molar-refractivity contribution in [2.75, 3.05) is 123 Å². The highest BCUT2D eigenvalue weighted by atomic mass is 35.5. The van der Waals surface area contributed by atoms with Gasteiger partial charge in [0.2, 0.25) is 0 Å². The van der Waals surface area contributed by atoms with E-state index in [2.05, 4.69) is 19.7 Å². The SMILES string of the molecule is CN(CCNc1cc(Cl)ccc1CN1CCN(C(=O)OC(C(F)(F)F)C(F)(F)F)CC1)CC(=O)O.COc1ccc(CN(CCN(C)CC(=O)OC(C)(C)C)c2cc(Cl)ccc2CN2CCN(C(=O)OC(C(F)(F)F)C(F)(F)F)CC2)cc1.O=S=O.O=S=O. The fourth-order valence-electron chi connectivity index (χ4n) is 8.36. The quantitative estimate of drug-likeness (QED) is 0.0578. The smallest absolute Gasteiger partial charge is 0.434 e. The molecule has 0 aromatic heterocycles. The summed E-state index contributed by atoms with van der Waals surface area (Å²) in [7, 11) is 5.04. The number of nitrogens with one attached hydrogen (secondary N) is 1. The van der Waals surface area contributed by atoms with Crippen molar-refractivity contribution in [1.29, 1.82) is 0 Å². The second-order valence-electron chi connectivity index (χ2n) is 20.6. The zero-order valence-electron chi connectivity index (χ0n) is 48.5. The number of hydrogen-bond donors (Lipinski definition) is 2. The van der Waals surface area contributed by atoms with E-state index in [0.717, 1.165) is 32.2 Å². The number of aliphatic carboxylic acids is 1. The molecule has 2 N–H and O–H groups in total. The van der Waals surface area contributed by atoms with Crippen LogP contribution in [-0.2, 0) is 66.6 Å². The number of methoxy groups -OCH3 is 1. The Kier molecular flexibility index (Phi) is 32.4. The molecule has 2 fully saturated rings. The summed E-state index contributed by atoms with van der Waals surface area (Å²) in [5.41, 5.74) is 3.52. The molecular weight excluding hydrogens is 1310 g/mol. The van der Waals surface area contributed by atoms with Gasteiger partial charge in [0.05, 0.1) is 20.2 Å². The van der Waals surface area contributed by atoms with E-state index in [-0.39, 0.29) is 71.4 Å². The number of alkyl halides is 12. The highest BCUT2D eigenvalue weighted by Gasteiger charge is 2.61. The number of likely N-dealkylation sites (N-methyl/N-ethyl adjacent to an activating group) is 2. The van der Waals surface area contributed by atoms with Crippen molar-refractivity contribution in [1.82, 2.24) is 29.4 Å². The molecule has 0 unspecified atom stereocenters. The van der Waals surface area contributed by atoms with Crippen LogP contribution in [0.1, 0.15) is 37.5 Å². The molecule has 3 aromatic carbocycles. The normalized spacial score (nSPS) is 14.3. The van der Waals surface area contributed by atoms with E-state index < -0.39 is 83.8 Å². The molecule has 502 valence electrons. The number of amides is 2. The standard InChI is InChI=1S/C32H41ClF6N4O5.C20H25ClF6N4O4.2O2S/c1-30(2,3)48-27(44)21-40(4)12-15-43(19-22-6-10-25(46-5)11-7-22)26-18-24(33)9-8-23(26)20-41-13-16-42(17-14-41)29(45)47-28(31(34,35)36)32(37,38)39;1-29(12-16(32)33)5-4-28-15-10-14(21)3-2-13(15)11-30-6-8-31(9-7-30)18(34)35-17(19(22,23)24)20(25,26)27;2*1-3-2/h6-11,18,28H,12-17,19-21H2,1-5H3;2-3,10,17,28H,4-9,11-12H2,1H3,(H,32,33);;. The summed E-state index contributed by atoms with van der Waals surface area (Å²) in [6.45, 7) is 8.65. The first-order valence-electron chi connectivity index (χ1n) is 26.2. The Morgan fingerprint density at radius 3 is 1.44 bits per heavy atom. The zero-order valence-corrected chi connectivity index (χ0v) is 51.7. The topological polar surface area (TPSA) is 228 Å². The maximum absolute atomic E-state index is 12.9. The molecule has 3 aromatic rings. The summed E-state index contributed by atoms with van der Waals surface area (Å²) in [5, 5.41) is 12.9. The number of hydrogen-bond acceptors (Lipinski definition) is 18. The Balaban J connectivity index is 0.000000580. The molecule has 21 nitrogen and oxygen atoms in total. The number of carbonyl (C=O) groups excluding carboxylic acids is 3. The van der Waals surface area contributed by atoms with Crippen molar-refractivity contribution in [2.24, 2.45) is 0 Å². The van der Waals surface area contributed by atoms with Crippen LogP contribution >= 0.6 is 23.2 Å². The van der Waals surface area contributed by atoms with Gasteiger partial charge in [-0.1, -0.05) is 47.5 Å². The molecule has 0 atom stereocenters. The minimum absolute atomic E-state index is 0.0788. The van der Waals surface area contributed by atoms with Gasteiger partial charge in [-0.3, -0.25) is 29.2 Å². The first kappa shape index (κ1) is 78.9. The summed E-state index contributed by atoms with van der Waals surface area (Å²) in [6.07, 6.45) is -34.9. The molecule has 0 spiro atoms. The van der Waals surface area contributed by atoms with Gasteiger partial charge in [0.15, 0.2) is 0 Å². The Labute approximate surface area is 521 Å². The second-order valence-corrected chi connectivity index (χ2v) is 21.7. The van der Waals surface area contributed by atoms with E-state index in [9.17, 15) is 71.9 Å². The van der Waals surface area contributed by atoms with Crippen molar-refractivity contribution < 1.29 is 113 Å². The first-order valence-corrected chi connectivity index (χ1v) is 28.3. The molecule has 2 aliphatic heterocycles. The van der Waals surface area contributed by atoms with Gasteiger partial charge in [-0.2, -0.15) is 69.5 Å². The van der Waals surface area contributed by atoms with Crippen molar-refractivity contribution in [2.45, 2.75) is 82.9 Å². The summed E-state index contributed by atoms with van der Waals surface area (Å²) < 4.78 is 205. The van der Waals surface area contributed by atoms with Crippen LogP contribution in [0.25, 0.3) is 0 Å². The van der Waals surface area contributed by atoms with Crippen molar-refractivity contribution >= 4 is 81.8 Å². The highest BCUT2D eigenvalue weighted by molar-refractivity contribution is 7.52. The lowest BCUT2D eigenvalue weighted by Crippen LogP contribution is -2.52. The van der Waals surface area contributed by atoms with Crippen LogP contribution in [0.5, 0.6) is 5.75 Å². The minimum atomic E-state index is -5.79. The van der Waals surface area contributed by atoms with Crippen LogP contribution in [0.15, 0.2) is 60.7 Å². The lowest BCUT2D eigenvalue weighted by molar-refractivity contribution is -0.309. The summed E-state index contributed by atoms with van der Waals surface area (Å²) in [4.78, 5) is 58.3. The number of nitrogens with zero attached hydrogens (tertiary/aromatic N) is 7. The first-order chi connectivity index (χ1) is 41.2. The number of anilines is 2. The molecule has 37 heteroatoms. The number of rotatable bonds is 21. The molecule has 89 heavy (non-hydrogen) atoms. The molecule has 2 amide bonds. The van der Waals surface area contributed by atoms with Gasteiger partial charge in [0.1, 0.15) is 11.4 Å². The number of carboxylic acid groups (broad SMARTS) is 1. The van der Waals surface area contributed by atoms with Crippen LogP contribution in [-0.4, -0.2) is 231 Å². The average molecular weight is 1370 g/mol. The third-order valence-corrected chi connectivity index (χ3v) is 12.9. The van der Waals surface area contributed by atoms with Gasteiger partial charge in [0.25, 0.3) is 12.2 Å². The third kappa shape index (κ3) is 30.0. The predicted molar refractivity (Wildman–Crippen MR) is 300 cm³/mol. The van der Waals surface area contributed by atoms with Crippen LogP contribution in [0.3, 0.4) is 0 Å². The number of piperazine rings is 2. The molecular formula is C52H66Cl2F12N8O13S2. The monoisotopic (exact) mass is 1370 g/mol. The van der Waals surface area contributed by atoms with Gasteiger partial charge >= 0.3 is 72.0 Å². The Hall–Kier alpha value is -6.24. The lowest BCUT2D eigenvalue weighted by atomic mass is 10.1. The number of carboxylic acids is 1. The Bertz CT molecular complexity index is 2760. The van der Waals surface area contributed by atoms with Crippen molar-refractivity contribution in [3.8, 4) is 5.75 Å². The fourth-order valence-corrected chi connectivity index (χ4v) is 8.69. The van der Waals surface area contributed by atoms with Gasteiger partial charge in [-0.25, -0.2) is 9.59 Å². The van der Waals surface area contributed by atoms with Crippen LogP contribution in [0.4, 0.5) is 73.6 Å². The van der Waals surface area contributed by atoms with Gasteiger partial charge in [0, 0.05) is 120 Å². The van der Waals surface area contributed by atoms with Crippen LogP contribution in [0.2, 0.25) is 10.0 Å². The number of esters is 1. The number of benzene rings is 3. The summed E-state index contributed by atoms with van der Waals surface area (Å²) in [6, 6.07) is 18.1. The summed E-state index contributed by atoms with van der Waals surface area (Å²) >= 11 is 11.0. The maximum Gasteiger partial charge on any atom is 0.434 e. The molecule has 0 saturated carbocycles. The minimum Gasteiger partial charge on any atom is -0.497 e. The number of ether oxygens (including phenoxy) is 4. The van der Waals surface area contributed by atoms with Crippen molar-refractivity contribution in [3.05, 3.63) is 87.4 Å². The van der Waals surface area contributed by atoms with Crippen LogP contribution < -0.4 is 15.0 Å². The number of halogens is 14. The highest BCUT2D eigenvalue weighted by Crippen LogP contribution is 2.38. The van der Waals surface area contributed by atoms with E-state index in [4.69, 9.17) is 54.6 Å². The summed E-state index contributed by atoms with van der Waals surface area (Å²) in [5.74, 6) is -0.613. The molecule has 0 radical (unpaired) electrons. The lowest BCUT2D eigenvalue weighted by Gasteiger charge is -2.36. The Morgan fingerprint density at radius 2 is 1.02 bits per heavy atom. The molecule has 0 aliphatic carbocycles. The third-order valence-electron chi connectivity index (χ3n) is 12.5. The molecule has 2 saturated heterocycles. The van der Waals surface area contributed by atoms with Gasteiger partial charge in [-0.05, 0) is 88.0 Å². The van der Waals surface area contributed by atoms with Gasteiger partial charge in [-0.15, -0.1) is 0 Å². The maximum atomic E-state index is 12.9. The van der Waals surface area contributed by atoms with E-state index >= 15 is 0 Å². The molecule has 2 aliphatic rings. The average Bonchev–Trinajstić information content (AvgIpc) is 2.21. The second kappa shape index (κ2) is 36.6. The van der Waals surface area contributed by atoms with E-state index in [1.807, 2.05) is 58.1 Å². The van der Waals surface area contributed by atoms with E-state index in [1.165, 1.54) is 0 Å². The van der Waals surface area contributed by atoms with Crippen molar-refractivity contribution in [3.63, 3.8) is 0 Å². The number of carbonyl (C=O) groups is 4. The zero-order chi connectivity index (χ0) is 67.7. The molecule has 0 bridgehead atoms. The van der Waals surface area contributed by atoms with Crippen LogP contribution in [0, 0.1) is 0 Å². The molecule has 2 heterocycles. The van der Waals surface area contributed by atoms with E-state index in [1.54, 1.807) is 64.1 Å². The molecule has 5 rings (SSSR count). The van der Waals surface area contributed by atoms with Gasteiger partial charge < -0.3 is 44.1 Å².